The Morgan fingerprint density at radius 1 is 0.778 bits per heavy atom. The third kappa shape index (κ3) is 4.88. The first kappa shape index (κ1) is 19.0. The summed E-state index contributed by atoms with van der Waals surface area (Å²) in [5.41, 5.74) is 3.09. The monoisotopic (exact) mass is 398 g/mol. The Bertz CT molecular complexity index is 1000. The molecule has 6 heteroatoms. The molecule has 0 saturated carbocycles. The van der Waals surface area contributed by atoms with Crippen LogP contribution in [0.5, 0.6) is 0 Å². The molecule has 0 aromatic heterocycles. The number of anilines is 2. The van der Waals surface area contributed by atoms with Crippen LogP contribution in [-0.4, -0.2) is 11.8 Å². The predicted octanol–water partition coefficient (Wildman–Crippen LogP) is 5.81. The number of rotatable bonds is 4. The van der Waals surface area contributed by atoms with Gasteiger partial charge in [0.05, 0.1) is 10.6 Å². The van der Waals surface area contributed by atoms with E-state index in [0.717, 1.165) is 5.56 Å². The molecule has 0 spiro atoms. The lowest BCUT2D eigenvalue weighted by molar-refractivity contribution is 0.101. The van der Waals surface area contributed by atoms with E-state index in [1.807, 2.05) is 25.1 Å². The van der Waals surface area contributed by atoms with Gasteiger partial charge in [0, 0.05) is 22.0 Å². The summed E-state index contributed by atoms with van der Waals surface area (Å²) in [7, 11) is 0. The SMILES string of the molecule is Cc1cccc(C(=O)Nc2ccc(NC(=O)c3cc(Cl)ccc3Cl)cc2)c1. The number of hydrogen-bond donors (Lipinski definition) is 2. The van der Waals surface area contributed by atoms with Crippen molar-refractivity contribution in [1.82, 2.24) is 0 Å². The van der Waals surface area contributed by atoms with Gasteiger partial charge in [-0.25, -0.2) is 0 Å². The van der Waals surface area contributed by atoms with Gasteiger partial charge in [0.2, 0.25) is 0 Å². The minimum absolute atomic E-state index is 0.193. The van der Waals surface area contributed by atoms with Crippen LogP contribution >= 0.6 is 23.2 Å². The predicted molar refractivity (Wildman–Crippen MR) is 110 cm³/mol. The summed E-state index contributed by atoms with van der Waals surface area (Å²) in [6.07, 6.45) is 0. The number of carbonyl (C=O) groups is 2. The van der Waals surface area contributed by atoms with Crippen LogP contribution in [0, 0.1) is 6.92 Å². The second-order valence-corrected chi connectivity index (χ2v) is 6.82. The summed E-state index contributed by atoms with van der Waals surface area (Å²) in [4.78, 5) is 24.6. The molecule has 3 aromatic rings. The highest BCUT2D eigenvalue weighted by Crippen LogP contribution is 2.22. The Balaban J connectivity index is 1.67. The molecule has 0 aliphatic heterocycles. The van der Waals surface area contributed by atoms with Crippen LogP contribution in [-0.2, 0) is 0 Å². The van der Waals surface area contributed by atoms with E-state index >= 15 is 0 Å². The molecule has 0 atom stereocenters. The molecule has 0 bridgehead atoms. The van der Waals surface area contributed by atoms with E-state index < -0.39 is 0 Å². The van der Waals surface area contributed by atoms with Gasteiger partial charge < -0.3 is 10.6 Å². The Morgan fingerprint density at radius 3 is 2.04 bits per heavy atom. The van der Waals surface area contributed by atoms with Gasteiger partial charge in [-0.3, -0.25) is 9.59 Å². The minimum atomic E-state index is -0.362. The molecule has 0 radical (unpaired) electrons. The number of amides is 2. The summed E-state index contributed by atoms with van der Waals surface area (Å²) < 4.78 is 0. The average molecular weight is 399 g/mol. The molecule has 2 N–H and O–H groups in total. The number of carbonyl (C=O) groups excluding carboxylic acids is 2. The van der Waals surface area contributed by atoms with Crippen molar-refractivity contribution in [3.63, 3.8) is 0 Å². The topological polar surface area (TPSA) is 58.2 Å². The van der Waals surface area contributed by atoms with E-state index in [0.29, 0.717) is 32.5 Å². The van der Waals surface area contributed by atoms with Crippen LogP contribution in [0.4, 0.5) is 11.4 Å². The maximum absolute atomic E-state index is 12.3. The summed E-state index contributed by atoms with van der Waals surface area (Å²) in [6, 6.07) is 18.9. The summed E-state index contributed by atoms with van der Waals surface area (Å²) >= 11 is 12.0. The fourth-order valence-electron chi connectivity index (χ4n) is 2.50. The Hall–Kier alpha value is -2.82. The quantitative estimate of drug-likeness (QED) is 0.582. The molecule has 0 aliphatic carbocycles. The maximum atomic E-state index is 12.3. The highest BCUT2D eigenvalue weighted by molar-refractivity contribution is 6.36. The second-order valence-electron chi connectivity index (χ2n) is 5.98. The van der Waals surface area contributed by atoms with Gasteiger partial charge in [-0.1, -0.05) is 40.9 Å². The zero-order valence-corrected chi connectivity index (χ0v) is 15.9. The number of halogens is 2. The molecule has 2 amide bonds. The van der Waals surface area contributed by atoms with Gasteiger partial charge in [-0.05, 0) is 61.5 Å². The molecule has 0 unspecified atom stereocenters. The van der Waals surface area contributed by atoms with Crippen molar-refractivity contribution in [3.8, 4) is 0 Å². The van der Waals surface area contributed by atoms with Crippen molar-refractivity contribution in [3.05, 3.63) is 93.5 Å². The van der Waals surface area contributed by atoms with Crippen LogP contribution in [0.1, 0.15) is 26.3 Å². The van der Waals surface area contributed by atoms with Crippen LogP contribution in [0.25, 0.3) is 0 Å². The molecule has 0 aliphatic rings. The molecular weight excluding hydrogens is 383 g/mol. The van der Waals surface area contributed by atoms with Gasteiger partial charge in [0.1, 0.15) is 0 Å². The molecule has 136 valence electrons. The summed E-state index contributed by atoms with van der Waals surface area (Å²) in [5.74, 6) is -0.555. The second kappa shape index (κ2) is 8.25. The normalized spacial score (nSPS) is 10.3. The Kier molecular flexibility index (Phi) is 5.79. The van der Waals surface area contributed by atoms with Crippen LogP contribution in [0.3, 0.4) is 0 Å². The first-order valence-electron chi connectivity index (χ1n) is 8.17. The molecule has 27 heavy (non-hydrogen) atoms. The Labute approximate surface area is 167 Å². The first-order valence-corrected chi connectivity index (χ1v) is 8.92. The molecule has 0 heterocycles. The zero-order valence-electron chi connectivity index (χ0n) is 14.4. The van der Waals surface area contributed by atoms with Crippen molar-refractivity contribution in [2.24, 2.45) is 0 Å². The molecule has 4 nitrogen and oxygen atoms in total. The van der Waals surface area contributed by atoms with Gasteiger partial charge in [-0.15, -0.1) is 0 Å². The van der Waals surface area contributed by atoms with E-state index in [2.05, 4.69) is 10.6 Å². The van der Waals surface area contributed by atoms with Crippen molar-refractivity contribution in [2.45, 2.75) is 6.92 Å². The van der Waals surface area contributed by atoms with E-state index in [1.165, 1.54) is 6.07 Å². The summed E-state index contributed by atoms with van der Waals surface area (Å²) in [5, 5.41) is 6.32. The minimum Gasteiger partial charge on any atom is -0.322 e. The summed E-state index contributed by atoms with van der Waals surface area (Å²) in [6.45, 7) is 1.93. The van der Waals surface area contributed by atoms with Crippen LogP contribution in [0.2, 0.25) is 10.0 Å². The maximum Gasteiger partial charge on any atom is 0.257 e. The highest BCUT2D eigenvalue weighted by Gasteiger charge is 2.12. The molecular formula is C21H16Cl2N2O2. The lowest BCUT2D eigenvalue weighted by atomic mass is 10.1. The number of hydrogen-bond acceptors (Lipinski definition) is 2. The number of benzene rings is 3. The smallest absolute Gasteiger partial charge is 0.257 e. The van der Waals surface area contributed by atoms with Crippen LogP contribution < -0.4 is 10.6 Å². The standard InChI is InChI=1S/C21H16Cl2N2O2/c1-13-3-2-4-14(11-13)20(26)24-16-6-8-17(9-7-16)25-21(27)18-12-15(22)5-10-19(18)23/h2-12H,1H3,(H,24,26)(H,25,27). The molecule has 0 saturated heterocycles. The molecule has 0 fully saturated rings. The largest absolute Gasteiger partial charge is 0.322 e. The highest BCUT2D eigenvalue weighted by atomic mass is 35.5. The van der Waals surface area contributed by atoms with E-state index in [9.17, 15) is 9.59 Å². The third-order valence-corrected chi connectivity index (χ3v) is 4.42. The lowest BCUT2D eigenvalue weighted by Crippen LogP contribution is -2.13. The first-order chi connectivity index (χ1) is 12.9. The van der Waals surface area contributed by atoms with Crippen molar-refractivity contribution < 1.29 is 9.59 Å². The third-order valence-electron chi connectivity index (χ3n) is 3.85. The number of aryl methyl sites for hydroxylation is 1. The van der Waals surface area contributed by atoms with Gasteiger partial charge in [0.25, 0.3) is 11.8 Å². The van der Waals surface area contributed by atoms with E-state index in [4.69, 9.17) is 23.2 Å². The lowest BCUT2D eigenvalue weighted by Gasteiger charge is -2.09. The van der Waals surface area contributed by atoms with E-state index in [1.54, 1.807) is 42.5 Å². The fourth-order valence-corrected chi connectivity index (χ4v) is 2.87. The van der Waals surface area contributed by atoms with Crippen LogP contribution in [0.15, 0.2) is 66.7 Å². The average Bonchev–Trinajstić information content (AvgIpc) is 2.65. The Morgan fingerprint density at radius 2 is 1.41 bits per heavy atom. The van der Waals surface area contributed by atoms with Crippen molar-refractivity contribution >= 4 is 46.4 Å². The van der Waals surface area contributed by atoms with Gasteiger partial charge in [-0.2, -0.15) is 0 Å². The zero-order chi connectivity index (χ0) is 19.4. The fraction of sp³-hybridized carbons (Fsp3) is 0.0476. The van der Waals surface area contributed by atoms with Gasteiger partial charge >= 0.3 is 0 Å². The number of nitrogens with one attached hydrogen (secondary N) is 2. The molecule has 3 rings (SSSR count). The molecule has 3 aromatic carbocycles. The van der Waals surface area contributed by atoms with Crippen molar-refractivity contribution in [2.75, 3.05) is 10.6 Å². The van der Waals surface area contributed by atoms with E-state index in [-0.39, 0.29) is 11.8 Å². The van der Waals surface area contributed by atoms with Crippen molar-refractivity contribution in [1.29, 1.82) is 0 Å². The van der Waals surface area contributed by atoms with Gasteiger partial charge in [0.15, 0.2) is 0 Å².